The van der Waals surface area contributed by atoms with Crippen LogP contribution in [0.4, 0.5) is 4.39 Å². The second-order valence-corrected chi connectivity index (χ2v) is 2.40. The van der Waals surface area contributed by atoms with Crippen molar-refractivity contribution in [1.29, 1.82) is 10.8 Å². The van der Waals surface area contributed by atoms with Gasteiger partial charge in [0.1, 0.15) is 6.67 Å². The lowest BCUT2D eigenvalue weighted by Gasteiger charge is -1.98. The Morgan fingerprint density at radius 2 is 2.00 bits per heavy atom. The summed E-state index contributed by atoms with van der Waals surface area (Å²) in [6, 6.07) is 0. The van der Waals surface area contributed by atoms with Gasteiger partial charge >= 0.3 is 0 Å². The van der Waals surface area contributed by atoms with Gasteiger partial charge in [-0.15, -0.1) is 0 Å². The van der Waals surface area contributed by atoms with Gasteiger partial charge in [-0.2, -0.15) is 0 Å². The Hall–Kier alpha value is -1.91. The van der Waals surface area contributed by atoms with Crippen LogP contribution in [0.15, 0.2) is 35.7 Å². The van der Waals surface area contributed by atoms with Gasteiger partial charge in [0.15, 0.2) is 0 Å². The Morgan fingerprint density at radius 1 is 1.36 bits per heavy atom. The highest BCUT2D eigenvalue weighted by molar-refractivity contribution is 6.10. The number of hydrogen-bond acceptors (Lipinski definition) is 4. The molecule has 0 heterocycles. The van der Waals surface area contributed by atoms with Gasteiger partial charge in [0.2, 0.25) is 0 Å². The van der Waals surface area contributed by atoms with Gasteiger partial charge < -0.3 is 22.3 Å². The Morgan fingerprint density at radius 3 is 2.43 bits per heavy atom. The Bertz CT molecular complexity index is 298. The molecule has 76 valence electrons. The number of nitrogens with one attached hydrogen (secondary N) is 2. The van der Waals surface area contributed by atoms with Crippen LogP contribution in [0.2, 0.25) is 0 Å². The SMILES string of the molecule is N=C/C=C(\C=C/CF)C(=N)C=C(N)N. The zero-order valence-electron chi connectivity index (χ0n) is 7.63. The fourth-order valence-electron chi connectivity index (χ4n) is 0.746. The van der Waals surface area contributed by atoms with E-state index >= 15 is 0 Å². The predicted octanol–water partition coefficient (Wildman–Crippen LogP) is 0.867. The van der Waals surface area contributed by atoms with Crippen molar-refractivity contribution in [1.82, 2.24) is 0 Å². The van der Waals surface area contributed by atoms with Gasteiger partial charge in [-0.3, -0.25) is 0 Å². The first-order chi connectivity index (χ1) is 6.61. The van der Waals surface area contributed by atoms with Gasteiger partial charge in [0.25, 0.3) is 0 Å². The number of halogens is 1. The fraction of sp³-hybridized carbons (Fsp3) is 0.111. The van der Waals surface area contributed by atoms with Crippen LogP contribution >= 0.6 is 0 Å². The van der Waals surface area contributed by atoms with Crippen LogP contribution in [0.3, 0.4) is 0 Å². The molecule has 0 amide bonds. The van der Waals surface area contributed by atoms with Gasteiger partial charge in [-0.05, 0) is 6.08 Å². The van der Waals surface area contributed by atoms with E-state index in [1.807, 2.05) is 0 Å². The van der Waals surface area contributed by atoms with Gasteiger partial charge in [-0.25, -0.2) is 4.39 Å². The topological polar surface area (TPSA) is 99.7 Å². The van der Waals surface area contributed by atoms with E-state index in [4.69, 9.17) is 22.3 Å². The summed E-state index contributed by atoms with van der Waals surface area (Å²) in [5.41, 5.74) is 10.8. The molecule has 6 N–H and O–H groups in total. The molecule has 0 aromatic carbocycles. The van der Waals surface area contributed by atoms with Crippen molar-refractivity contribution >= 4 is 11.9 Å². The summed E-state index contributed by atoms with van der Waals surface area (Å²) in [6.07, 6.45) is 6.23. The number of nitrogens with two attached hydrogens (primary N) is 2. The van der Waals surface area contributed by atoms with Crippen LogP contribution in [0.1, 0.15) is 0 Å². The molecule has 0 atom stereocenters. The lowest BCUT2D eigenvalue weighted by molar-refractivity contribution is 0.561. The normalized spacial score (nSPS) is 11.4. The summed E-state index contributed by atoms with van der Waals surface area (Å²) in [4.78, 5) is 0. The zero-order valence-corrected chi connectivity index (χ0v) is 7.63. The van der Waals surface area contributed by atoms with Crippen molar-refractivity contribution in [3.63, 3.8) is 0 Å². The molecule has 0 bridgehead atoms. The van der Waals surface area contributed by atoms with E-state index in [-0.39, 0.29) is 11.5 Å². The molecular formula is C9H13FN4. The monoisotopic (exact) mass is 196 g/mol. The third-order valence-corrected chi connectivity index (χ3v) is 1.27. The van der Waals surface area contributed by atoms with E-state index in [1.165, 1.54) is 24.3 Å². The quantitative estimate of drug-likeness (QED) is 0.387. The second kappa shape index (κ2) is 6.59. The molecule has 4 nitrogen and oxygen atoms in total. The molecule has 0 aliphatic heterocycles. The van der Waals surface area contributed by atoms with Crippen LogP contribution in [0.25, 0.3) is 0 Å². The first kappa shape index (κ1) is 12.1. The molecule has 0 saturated heterocycles. The maximum Gasteiger partial charge on any atom is 0.108 e. The average Bonchev–Trinajstić information content (AvgIpc) is 2.10. The number of alkyl halides is 1. The van der Waals surface area contributed by atoms with E-state index < -0.39 is 6.67 Å². The molecule has 5 heteroatoms. The highest BCUT2D eigenvalue weighted by Gasteiger charge is 1.97. The van der Waals surface area contributed by atoms with Crippen molar-refractivity contribution in [2.45, 2.75) is 0 Å². The molecule has 0 aromatic rings. The maximum atomic E-state index is 11.8. The molecular weight excluding hydrogens is 183 g/mol. The largest absolute Gasteiger partial charge is 0.386 e. The highest BCUT2D eigenvalue weighted by Crippen LogP contribution is 2.00. The predicted molar refractivity (Wildman–Crippen MR) is 56.2 cm³/mol. The first-order valence-electron chi connectivity index (χ1n) is 3.86. The smallest absolute Gasteiger partial charge is 0.108 e. The number of rotatable bonds is 5. The van der Waals surface area contributed by atoms with Crippen LogP contribution in [0.5, 0.6) is 0 Å². The summed E-state index contributed by atoms with van der Waals surface area (Å²) >= 11 is 0. The minimum absolute atomic E-state index is 0.000436. The van der Waals surface area contributed by atoms with Crippen molar-refractivity contribution in [2.75, 3.05) is 6.67 Å². The Kier molecular flexibility index (Phi) is 5.69. The molecule has 0 aromatic heterocycles. The zero-order chi connectivity index (χ0) is 11.0. The van der Waals surface area contributed by atoms with E-state index in [0.717, 1.165) is 6.21 Å². The van der Waals surface area contributed by atoms with Crippen LogP contribution in [-0.2, 0) is 0 Å². The highest BCUT2D eigenvalue weighted by atomic mass is 19.1. The van der Waals surface area contributed by atoms with Crippen LogP contribution in [0, 0.1) is 10.8 Å². The Balaban J connectivity index is 4.76. The van der Waals surface area contributed by atoms with Crippen LogP contribution in [-0.4, -0.2) is 18.6 Å². The third-order valence-electron chi connectivity index (χ3n) is 1.27. The summed E-state index contributed by atoms with van der Waals surface area (Å²) < 4.78 is 11.8. The van der Waals surface area contributed by atoms with Gasteiger partial charge in [0.05, 0.1) is 11.5 Å². The van der Waals surface area contributed by atoms with E-state index in [9.17, 15) is 4.39 Å². The lowest BCUT2D eigenvalue weighted by atomic mass is 10.1. The third kappa shape index (κ3) is 4.87. The summed E-state index contributed by atoms with van der Waals surface area (Å²) in [7, 11) is 0. The van der Waals surface area contributed by atoms with E-state index in [2.05, 4.69) is 0 Å². The van der Waals surface area contributed by atoms with Crippen molar-refractivity contribution in [3.8, 4) is 0 Å². The summed E-state index contributed by atoms with van der Waals surface area (Å²) in [5, 5.41) is 14.3. The molecule has 0 aliphatic carbocycles. The van der Waals surface area contributed by atoms with Crippen molar-refractivity contribution in [2.24, 2.45) is 11.5 Å². The Labute approximate surface area is 81.8 Å². The first-order valence-corrected chi connectivity index (χ1v) is 3.86. The molecule has 0 aliphatic rings. The van der Waals surface area contributed by atoms with Gasteiger partial charge in [0, 0.05) is 17.9 Å². The number of allylic oxidation sites excluding steroid dienone is 5. The molecule has 0 unspecified atom stereocenters. The molecule has 0 fully saturated rings. The maximum absolute atomic E-state index is 11.8. The minimum Gasteiger partial charge on any atom is -0.386 e. The number of hydrogen-bond donors (Lipinski definition) is 4. The molecule has 0 spiro atoms. The summed E-state index contributed by atoms with van der Waals surface area (Å²) in [6.45, 7) is -0.621. The molecule has 0 rings (SSSR count). The minimum atomic E-state index is -0.621. The molecule has 0 radical (unpaired) electrons. The summed E-state index contributed by atoms with van der Waals surface area (Å²) in [5.74, 6) is -0.000436. The van der Waals surface area contributed by atoms with E-state index in [0.29, 0.717) is 5.57 Å². The molecule has 0 saturated carbocycles. The van der Waals surface area contributed by atoms with Crippen molar-refractivity contribution in [3.05, 3.63) is 35.7 Å². The fourth-order valence-corrected chi connectivity index (χ4v) is 0.746. The second-order valence-electron chi connectivity index (χ2n) is 2.40. The van der Waals surface area contributed by atoms with Crippen molar-refractivity contribution < 1.29 is 4.39 Å². The standard InChI is InChI=1S/C9H13FN4/c10-4-1-2-7(3-5-11)8(12)6-9(13)14/h1-3,5-6,11-12H,4,13-14H2/b2-1-,7-3+,11-5?,12-8?. The van der Waals surface area contributed by atoms with E-state index in [1.54, 1.807) is 0 Å². The van der Waals surface area contributed by atoms with Gasteiger partial charge in [-0.1, -0.05) is 12.2 Å². The molecule has 14 heavy (non-hydrogen) atoms. The lowest BCUT2D eigenvalue weighted by Crippen LogP contribution is -2.11. The average molecular weight is 196 g/mol. The van der Waals surface area contributed by atoms with Crippen LogP contribution < -0.4 is 11.5 Å².